The van der Waals surface area contributed by atoms with Gasteiger partial charge >= 0.3 is 5.97 Å². The number of carbonyl (C=O) groups is 4. The van der Waals surface area contributed by atoms with Crippen LogP contribution in [0.1, 0.15) is 38.3 Å². The van der Waals surface area contributed by atoms with Crippen molar-refractivity contribution in [2.45, 2.75) is 56.4 Å². The molecule has 10 nitrogen and oxygen atoms in total. The van der Waals surface area contributed by atoms with Crippen molar-refractivity contribution in [3.63, 3.8) is 0 Å². The van der Waals surface area contributed by atoms with E-state index < -0.39 is 47.5 Å². The molecule has 2 aliphatic heterocycles. The van der Waals surface area contributed by atoms with Gasteiger partial charge in [-0.3, -0.25) is 19.7 Å². The predicted octanol–water partition coefficient (Wildman–Crippen LogP) is 0.00760. The normalized spacial score (nSPS) is 26.0. The van der Waals surface area contributed by atoms with Crippen molar-refractivity contribution < 1.29 is 24.3 Å². The van der Waals surface area contributed by atoms with Crippen LogP contribution in [0.3, 0.4) is 0 Å². The molecule has 0 aromatic heterocycles. The van der Waals surface area contributed by atoms with E-state index in [1.165, 1.54) is 4.90 Å². The van der Waals surface area contributed by atoms with Gasteiger partial charge in [-0.15, -0.1) is 11.8 Å². The number of carboxylic acids is 1. The average molecular weight is 478 g/mol. The van der Waals surface area contributed by atoms with E-state index >= 15 is 0 Å². The van der Waals surface area contributed by atoms with E-state index in [1.807, 2.05) is 13.8 Å². The van der Waals surface area contributed by atoms with Gasteiger partial charge in [0.25, 0.3) is 5.91 Å². The van der Waals surface area contributed by atoms with Gasteiger partial charge in [0, 0.05) is 0 Å². The molecule has 1 aromatic carbocycles. The fourth-order valence-electron chi connectivity index (χ4n) is 4.40. The molecule has 0 radical (unpaired) electrons. The summed E-state index contributed by atoms with van der Waals surface area (Å²) in [6, 6.07) is 5.47. The van der Waals surface area contributed by atoms with Crippen LogP contribution in [-0.4, -0.2) is 70.1 Å². The summed E-state index contributed by atoms with van der Waals surface area (Å²) in [5.41, 5.74) is 5.55. The maximum absolute atomic E-state index is 13.5. The maximum Gasteiger partial charge on any atom is 0.330 e. The molecule has 6 N–H and O–H groups in total. The summed E-state index contributed by atoms with van der Waals surface area (Å²) in [5, 5.41) is 17.4. The van der Waals surface area contributed by atoms with Crippen LogP contribution < -0.4 is 21.7 Å². The standard InChI is InChI=1S/C22H31N5O5S/c1-22(2)11-14-27(20(30)13(9-10-33-14)25-19(29)17(23)24-3)16(22)18(28)26-15(21(31)32)12-7-5-4-6-8-12/h4-8,13-17,24H,9-11,23H2,1-3H3,(H,25,29)(H,26,28)(H,31,32)/t13-,14-,15?,16+,17+/m0/s1. The maximum atomic E-state index is 13.5. The lowest BCUT2D eigenvalue weighted by Crippen LogP contribution is -2.59. The van der Waals surface area contributed by atoms with E-state index in [1.54, 1.807) is 49.1 Å². The third-order valence-electron chi connectivity index (χ3n) is 6.12. The molecule has 0 bridgehead atoms. The van der Waals surface area contributed by atoms with Crippen molar-refractivity contribution in [1.29, 1.82) is 0 Å². The van der Waals surface area contributed by atoms with Crippen LogP contribution in [0.5, 0.6) is 0 Å². The number of likely N-dealkylation sites (N-methyl/N-ethyl adjacent to an activating group) is 1. The van der Waals surface area contributed by atoms with Gasteiger partial charge < -0.3 is 26.4 Å². The number of thioether (sulfide) groups is 1. The number of hydrogen-bond donors (Lipinski definition) is 5. The largest absolute Gasteiger partial charge is 0.479 e. The Morgan fingerprint density at radius 2 is 1.91 bits per heavy atom. The molecule has 3 amide bonds. The Balaban J connectivity index is 1.86. The minimum Gasteiger partial charge on any atom is -0.479 e. The fourth-order valence-corrected chi connectivity index (χ4v) is 5.98. The summed E-state index contributed by atoms with van der Waals surface area (Å²) in [7, 11) is 1.54. The molecule has 11 heteroatoms. The van der Waals surface area contributed by atoms with Gasteiger partial charge in [-0.2, -0.15) is 0 Å². The van der Waals surface area contributed by atoms with Gasteiger partial charge in [0.15, 0.2) is 6.04 Å². The van der Waals surface area contributed by atoms with Crippen LogP contribution in [0.15, 0.2) is 30.3 Å². The van der Waals surface area contributed by atoms with E-state index in [9.17, 15) is 24.3 Å². The molecule has 33 heavy (non-hydrogen) atoms. The van der Waals surface area contributed by atoms with Gasteiger partial charge in [0.2, 0.25) is 11.8 Å². The van der Waals surface area contributed by atoms with Crippen molar-refractivity contribution in [3.8, 4) is 0 Å². The molecule has 2 saturated heterocycles. The second-order valence-corrected chi connectivity index (χ2v) is 10.3. The molecule has 1 unspecified atom stereocenters. The zero-order chi connectivity index (χ0) is 24.3. The molecule has 0 spiro atoms. The number of hydrogen-bond acceptors (Lipinski definition) is 7. The Bertz CT molecular complexity index is 912. The monoisotopic (exact) mass is 477 g/mol. The summed E-state index contributed by atoms with van der Waals surface area (Å²) in [6.07, 6.45) is 0.0250. The Kier molecular flexibility index (Phi) is 7.65. The Morgan fingerprint density at radius 1 is 1.24 bits per heavy atom. The number of carboxylic acid groups (broad SMARTS) is 1. The lowest BCUT2D eigenvalue weighted by atomic mass is 9.83. The zero-order valence-corrected chi connectivity index (χ0v) is 19.7. The molecule has 180 valence electrons. The van der Waals surface area contributed by atoms with Crippen molar-refractivity contribution in [2.75, 3.05) is 12.8 Å². The number of amides is 3. The summed E-state index contributed by atoms with van der Waals surface area (Å²) in [4.78, 5) is 52.7. The van der Waals surface area contributed by atoms with E-state index in [2.05, 4.69) is 16.0 Å². The summed E-state index contributed by atoms with van der Waals surface area (Å²) < 4.78 is 0. The predicted molar refractivity (Wildman–Crippen MR) is 124 cm³/mol. The quantitative estimate of drug-likeness (QED) is 0.344. The highest BCUT2D eigenvalue weighted by Crippen LogP contribution is 2.46. The second-order valence-electron chi connectivity index (χ2n) is 8.97. The number of nitrogens with one attached hydrogen (secondary N) is 3. The Hall–Kier alpha value is -2.63. The van der Waals surface area contributed by atoms with Crippen LogP contribution in [0.4, 0.5) is 0 Å². The third kappa shape index (κ3) is 5.31. The van der Waals surface area contributed by atoms with Crippen molar-refractivity contribution in [1.82, 2.24) is 20.9 Å². The minimum absolute atomic E-state index is 0.247. The molecule has 0 saturated carbocycles. The highest BCUT2D eigenvalue weighted by molar-refractivity contribution is 7.99. The van der Waals surface area contributed by atoms with Gasteiger partial charge in [-0.05, 0) is 36.6 Å². The first-order valence-corrected chi connectivity index (χ1v) is 11.9. The first-order valence-electron chi connectivity index (χ1n) is 10.8. The Morgan fingerprint density at radius 3 is 2.52 bits per heavy atom. The van der Waals surface area contributed by atoms with Gasteiger partial charge in [-0.1, -0.05) is 44.2 Å². The topological polar surface area (TPSA) is 154 Å². The van der Waals surface area contributed by atoms with Crippen LogP contribution in [0.2, 0.25) is 0 Å². The van der Waals surface area contributed by atoms with E-state index in [0.717, 1.165) is 0 Å². The van der Waals surface area contributed by atoms with Crippen LogP contribution in [-0.2, 0) is 19.2 Å². The minimum atomic E-state index is -1.24. The van der Waals surface area contributed by atoms with Gasteiger partial charge in [0.1, 0.15) is 18.2 Å². The van der Waals surface area contributed by atoms with Crippen molar-refractivity contribution in [2.24, 2.45) is 11.1 Å². The van der Waals surface area contributed by atoms with E-state index in [-0.39, 0.29) is 11.3 Å². The van der Waals surface area contributed by atoms with Gasteiger partial charge in [-0.25, -0.2) is 4.79 Å². The lowest BCUT2D eigenvalue weighted by Gasteiger charge is -2.34. The number of benzene rings is 1. The number of fused-ring (bicyclic) bond motifs is 1. The molecule has 0 aliphatic carbocycles. The fraction of sp³-hybridized carbons (Fsp3) is 0.545. The SMILES string of the molecule is CN[C@@H](N)C(=O)N[C@H]1CCS[C@H]2CC(C)(C)[C@@H](C(=O)NC(C(=O)O)c3ccccc3)N2C1=O. The van der Waals surface area contributed by atoms with Crippen molar-refractivity contribution >= 4 is 35.5 Å². The molecule has 2 aliphatic rings. The Labute approximate surface area is 197 Å². The van der Waals surface area contributed by atoms with Crippen LogP contribution in [0, 0.1) is 5.41 Å². The second kappa shape index (κ2) is 10.1. The number of aliphatic carboxylic acids is 1. The van der Waals surface area contributed by atoms with Crippen LogP contribution >= 0.6 is 11.8 Å². The first-order chi connectivity index (χ1) is 15.6. The molecule has 5 atom stereocenters. The number of rotatable bonds is 7. The highest BCUT2D eigenvalue weighted by atomic mass is 32.2. The van der Waals surface area contributed by atoms with Gasteiger partial charge in [0.05, 0.1) is 5.37 Å². The molecule has 2 fully saturated rings. The summed E-state index contributed by atoms with van der Waals surface area (Å²) in [5.74, 6) is -1.97. The summed E-state index contributed by atoms with van der Waals surface area (Å²) in [6.45, 7) is 3.78. The highest BCUT2D eigenvalue weighted by Gasteiger charge is 2.54. The first kappa shape index (κ1) is 25.0. The molecule has 3 rings (SSSR count). The molecule has 2 heterocycles. The molecular weight excluding hydrogens is 446 g/mol. The number of nitrogens with two attached hydrogens (primary N) is 1. The lowest BCUT2D eigenvalue weighted by molar-refractivity contribution is -0.146. The van der Waals surface area contributed by atoms with E-state index in [0.29, 0.717) is 24.2 Å². The van der Waals surface area contributed by atoms with Crippen molar-refractivity contribution in [3.05, 3.63) is 35.9 Å². The third-order valence-corrected chi connectivity index (χ3v) is 7.37. The average Bonchev–Trinajstić information content (AvgIpc) is 2.97. The number of nitrogens with zero attached hydrogens (tertiary/aromatic N) is 1. The van der Waals surface area contributed by atoms with Crippen LogP contribution in [0.25, 0.3) is 0 Å². The summed E-state index contributed by atoms with van der Waals surface area (Å²) >= 11 is 1.56. The smallest absolute Gasteiger partial charge is 0.330 e. The zero-order valence-electron chi connectivity index (χ0n) is 18.9. The number of carbonyl (C=O) groups excluding carboxylic acids is 3. The van der Waals surface area contributed by atoms with E-state index in [4.69, 9.17) is 5.73 Å². The molecular formula is C22H31N5O5S. The molecule has 1 aromatic rings.